The van der Waals surface area contributed by atoms with Crippen molar-refractivity contribution in [2.45, 2.75) is 13.0 Å². The third-order valence-electron chi connectivity index (χ3n) is 3.74. The van der Waals surface area contributed by atoms with E-state index in [1.54, 1.807) is 0 Å². The van der Waals surface area contributed by atoms with Crippen LogP contribution in [0.15, 0.2) is 23.2 Å². The second kappa shape index (κ2) is 7.00. The monoisotopic (exact) mass is 308 g/mol. The molecule has 2 aliphatic rings. The van der Waals surface area contributed by atoms with E-state index < -0.39 is 0 Å². The van der Waals surface area contributed by atoms with Crippen LogP contribution in [0.25, 0.3) is 0 Å². The summed E-state index contributed by atoms with van der Waals surface area (Å²) >= 11 is 6.16. The van der Waals surface area contributed by atoms with Crippen LogP contribution in [-0.2, 0) is 11.3 Å². The summed E-state index contributed by atoms with van der Waals surface area (Å²) in [5.74, 6) is 0.883. The molecule has 1 fully saturated rings. The maximum atomic E-state index is 6.16. The molecule has 3 rings (SSSR count). The molecule has 6 heteroatoms. The quantitative estimate of drug-likeness (QED) is 0.891. The molecule has 2 N–H and O–H groups in total. The fraction of sp³-hybridized carbons (Fsp3) is 0.533. The minimum absolute atomic E-state index is 0.721. The van der Waals surface area contributed by atoms with Gasteiger partial charge in [0.15, 0.2) is 5.96 Å². The van der Waals surface area contributed by atoms with E-state index in [9.17, 15) is 0 Å². The zero-order valence-corrected chi connectivity index (χ0v) is 12.8. The van der Waals surface area contributed by atoms with Crippen molar-refractivity contribution in [1.82, 2.24) is 10.6 Å². The number of ether oxygens (including phenoxy) is 1. The molecule has 0 radical (unpaired) electrons. The molecule has 0 atom stereocenters. The minimum atomic E-state index is 0.721. The number of morpholine rings is 1. The largest absolute Gasteiger partial charge is 0.378 e. The van der Waals surface area contributed by atoms with Gasteiger partial charge < -0.3 is 20.3 Å². The van der Waals surface area contributed by atoms with Gasteiger partial charge in [-0.1, -0.05) is 11.6 Å². The third-order valence-corrected chi connectivity index (χ3v) is 3.97. The number of benzene rings is 1. The van der Waals surface area contributed by atoms with Crippen LogP contribution in [0.4, 0.5) is 5.69 Å². The first-order valence-electron chi connectivity index (χ1n) is 7.46. The number of hydrogen-bond donors (Lipinski definition) is 2. The SMILES string of the molecule is Clc1ccc(N2CCOCC2)c(CNC2=NCCCN2)c1. The van der Waals surface area contributed by atoms with Crippen molar-refractivity contribution in [3.8, 4) is 0 Å². The van der Waals surface area contributed by atoms with Gasteiger partial charge in [0.2, 0.25) is 0 Å². The van der Waals surface area contributed by atoms with E-state index in [-0.39, 0.29) is 0 Å². The number of anilines is 1. The van der Waals surface area contributed by atoms with Crippen molar-refractivity contribution < 1.29 is 4.74 Å². The van der Waals surface area contributed by atoms with Gasteiger partial charge in [-0.3, -0.25) is 4.99 Å². The van der Waals surface area contributed by atoms with Gasteiger partial charge in [0.1, 0.15) is 0 Å². The van der Waals surface area contributed by atoms with E-state index in [1.807, 2.05) is 12.1 Å². The highest BCUT2D eigenvalue weighted by molar-refractivity contribution is 6.30. The second-order valence-corrected chi connectivity index (χ2v) is 5.67. The molecule has 1 aromatic rings. The zero-order chi connectivity index (χ0) is 14.5. The minimum Gasteiger partial charge on any atom is -0.378 e. The fourth-order valence-electron chi connectivity index (χ4n) is 2.64. The fourth-order valence-corrected chi connectivity index (χ4v) is 2.83. The van der Waals surface area contributed by atoms with Crippen molar-refractivity contribution in [3.63, 3.8) is 0 Å². The molecule has 2 aliphatic heterocycles. The van der Waals surface area contributed by atoms with Gasteiger partial charge in [0, 0.05) is 43.4 Å². The average molecular weight is 309 g/mol. The number of aliphatic imine (C=N–C) groups is 1. The molecular weight excluding hydrogens is 288 g/mol. The lowest BCUT2D eigenvalue weighted by atomic mass is 10.1. The lowest BCUT2D eigenvalue weighted by Gasteiger charge is -2.31. The molecule has 0 aromatic heterocycles. The number of rotatable bonds is 3. The van der Waals surface area contributed by atoms with Crippen LogP contribution in [0, 0.1) is 0 Å². The van der Waals surface area contributed by atoms with E-state index in [2.05, 4.69) is 26.6 Å². The molecule has 0 amide bonds. The number of nitrogens with zero attached hydrogens (tertiary/aromatic N) is 2. The van der Waals surface area contributed by atoms with Crippen LogP contribution in [0.3, 0.4) is 0 Å². The van der Waals surface area contributed by atoms with E-state index in [0.717, 1.165) is 63.3 Å². The molecule has 0 saturated carbocycles. The predicted molar refractivity (Wildman–Crippen MR) is 86.2 cm³/mol. The zero-order valence-electron chi connectivity index (χ0n) is 12.1. The Labute approximate surface area is 130 Å². The molecule has 0 spiro atoms. The van der Waals surface area contributed by atoms with E-state index in [0.29, 0.717) is 0 Å². The van der Waals surface area contributed by atoms with Crippen LogP contribution in [0.2, 0.25) is 5.02 Å². The van der Waals surface area contributed by atoms with Crippen LogP contribution >= 0.6 is 11.6 Å². The second-order valence-electron chi connectivity index (χ2n) is 5.24. The predicted octanol–water partition coefficient (Wildman–Crippen LogP) is 1.62. The van der Waals surface area contributed by atoms with E-state index in [4.69, 9.17) is 16.3 Å². The molecule has 1 saturated heterocycles. The van der Waals surface area contributed by atoms with Crippen molar-refractivity contribution in [2.75, 3.05) is 44.3 Å². The van der Waals surface area contributed by atoms with Gasteiger partial charge in [0.05, 0.1) is 13.2 Å². The number of halogens is 1. The summed E-state index contributed by atoms with van der Waals surface area (Å²) in [6, 6.07) is 6.08. The van der Waals surface area contributed by atoms with Crippen LogP contribution in [0.5, 0.6) is 0 Å². The highest BCUT2D eigenvalue weighted by Crippen LogP contribution is 2.25. The molecule has 0 bridgehead atoms. The maximum Gasteiger partial charge on any atom is 0.191 e. The first kappa shape index (κ1) is 14.5. The van der Waals surface area contributed by atoms with Crippen LogP contribution < -0.4 is 15.5 Å². The standard InChI is InChI=1S/C15H21ClN4O/c16-13-2-3-14(20-6-8-21-9-7-20)12(10-13)11-19-15-17-4-1-5-18-15/h2-3,10H,1,4-9,11H2,(H2,17,18,19). The third kappa shape index (κ3) is 3.80. The van der Waals surface area contributed by atoms with Gasteiger partial charge in [-0.2, -0.15) is 0 Å². The summed E-state index contributed by atoms with van der Waals surface area (Å²) in [4.78, 5) is 6.79. The molecule has 114 valence electrons. The lowest BCUT2D eigenvalue weighted by Crippen LogP contribution is -2.41. The van der Waals surface area contributed by atoms with E-state index >= 15 is 0 Å². The Bertz CT molecular complexity index is 514. The first-order chi connectivity index (χ1) is 10.3. The summed E-state index contributed by atoms with van der Waals surface area (Å²) in [6.07, 6.45) is 1.10. The molecule has 5 nitrogen and oxygen atoms in total. The topological polar surface area (TPSA) is 48.9 Å². The molecule has 2 heterocycles. The lowest BCUT2D eigenvalue weighted by molar-refractivity contribution is 0.122. The summed E-state index contributed by atoms with van der Waals surface area (Å²) in [6.45, 7) is 6.01. The first-order valence-corrected chi connectivity index (χ1v) is 7.84. The average Bonchev–Trinajstić information content (AvgIpc) is 2.55. The smallest absolute Gasteiger partial charge is 0.191 e. The van der Waals surface area contributed by atoms with Crippen molar-refractivity contribution in [3.05, 3.63) is 28.8 Å². The summed E-state index contributed by atoms with van der Waals surface area (Å²) in [7, 11) is 0. The normalized spacial score (nSPS) is 18.9. The van der Waals surface area contributed by atoms with Gasteiger partial charge in [-0.15, -0.1) is 0 Å². The Morgan fingerprint density at radius 1 is 1.33 bits per heavy atom. The van der Waals surface area contributed by atoms with Gasteiger partial charge in [-0.25, -0.2) is 0 Å². The highest BCUT2D eigenvalue weighted by atomic mass is 35.5. The number of nitrogens with one attached hydrogen (secondary N) is 2. The summed E-state index contributed by atoms with van der Waals surface area (Å²) in [5.41, 5.74) is 2.42. The Balaban J connectivity index is 1.72. The Hall–Kier alpha value is -1.46. The van der Waals surface area contributed by atoms with Gasteiger partial charge in [0.25, 0.3) is 0 Å². The van der Waals surface area contributed by atoms with Crippen LogP contribution in [-0.4, -0.2) is 45.4 Å². The van der Waals surface area contributed by atoms with Crippen molar-refractivity contribution in [1.29, 1.82) is 0 Å². The highest BCUT2D eigenvalue weighted by Gasteiger charge is 2.15. The molecule has 1 aromatic carbocycles. The molecule has 21 heavy (non-hydrogen) atoms. The Morgan fingerprint density at radius 3 is 2.95 bits per heavy atom. The number of guanidine groups is 1. The molecule has 0 unspecified atom stereocenters. The van der Waals surface area contributed by atoms with Gasteiger partial charge in [-0.05, 0) is 30.2 Å². The summed E-state index contributed by atoms with van der Waals surface area (Å²) in [5, 5.41) is 7.41. The van der Waals surface area contributed by atoms with Crippen LogP contribution in [0.1, 0.15) is 12.0 Å². The van der Waals surface area contributed by atoms with Crippen molar-refractivity contribution >= 4 is 23.2 Å². The molecular formula is C15H21ClN4O. The Kier molecular flexibility index (Phi) is 4.83. The Morgan fingerprint density at radius 2 is 2.19 bits per heavy atom. The summed E-state index contributed by atoms with van der Waals surface area (Å²) < 4.78 is 5.43. The maximum absolute atomic E-state index is 6.16. The molecule has 0 aliphatic carbocycles. The number of hydrogen-bond acceptors (Lipinski definition) is 5. The van der Waals surface area contributed by atoms with Gasteiger partial charge >= 0.3 is 0 Å². The van der Waals surface area contributed by atoms with Crippen molar-refractivity contribution in [2.24, 2.45) is 4.99 Å². The van der Waals surface area contributed by atoms with E-state index in [1.165, 1.54) is 11.3 Å².